The van der Waals surface area contributed by atoms with E-state index in [0.29, 0.717) is 11.7 Å². The summed E-state index contributed by atoms with van der Waals surface area (Å²) in [5.74, 6) is 1.89. The second kappa shape index (κ2) is 3.81. The number of furan rings is 1. The minimum atomic E-state index is 0.540. The molecule has 3 N–H and O–H groups in total. The van der Waals surface area contributed by atoms with Gasteiger partial charge in [0.2, 0.25) is 0 Å². The maximum atomic E-state index is 5.81. The Hall–Kier alpha value is -1.71. The summed E-state index contributed by atoms with van der Waals surface area (Å²) in [7, 11) is 0. The molecule has 4 heteroatoms. The molecule has 2 aromatic heterocycles. The topological polar surface area (TPSA) is 67.8 Å². The van der Waals surface area contributed by atoms with Crippen molar-refractivity contribution in [1.29, 1.82) is 0 Å². The lowest BCUT2D eigenvalue weighted by molar-refractivity contribution is 0.577. The number of anilines is 1. The smallest absolute Gasteiger partial charge is 0.152 e. The third-order valence-corrected chi connectivity index (χ3v) is 2.28. The predicted molar refractivity (Wildman–Crippen MR) is 59.2 cm³/mol. The Bertz CT molecular complexity index is 429. The number of nitrogens with two attached hydrogens (primary N) is 1. The van der Waals surface area contributed by atoms with Gasteiger partial charge in [-0.3, -0.25) is 5.10 Å². The van der Waals surface area contributed by atoms with Gasteiger partial charge in [-0.1, -0.05) is 13.8 Å². The van der Waals surface area contributed by atoms with Crippen LogP contribution in [0, 0.1) is 5.92 Å². The van der Waals surface area contributed by atoms with Gasteiger partial charge in [-0.25, -0.2) is 0 Å². The number of nitrogen functional groups attached to an aromatic ring is 1. The quantitative estimate of drug-likeness (QED) is 0.808. The molecule has 0 saturated carbocycles. The van der Waals surface area contributed by atoms with Gasteiger partial charge in [-0.05, 0) is 24.5 Å². The zero-order chi connectivity index (χ0) is 10.8. The second-order valence-electron chi connectivity index (χ2n) is 4.04. The molecule has 0 bridgehead atoms. The molecule has 0 amide bonds. The molecule has 15 heavy (non-hydrogen) atoms. The molecule has 0 atom stereocenters. The van der Waals surface area contributed by atoms with Crippen LogP contribution < -0.4 is 5.73 Å². The fraction of sp³-hybridized carbons (Fsp3) is 0.364. The van der Waals surface area contributed by atoms with Crippen molar-refractivity contribution in [1.82, 2.24) is 10.2 Å². The highest BCUT2D eigenvalue weighted by molar-refractivity contribution is 5.63. The molecule has 0 aromatic carbocycles. The number of rotatable bonds is 3. The molecule has 0 aliphatic heterocycles. The number of nitrogens with zero attached hydrogens (tertiary/aromatic N) is 1. The summed E-state index contributed by atoms with van der Waals surface area (Å²) in [5.41, 5.74) is 7.75. The van der Waals surface area contributed by atoms with Crippen molar-refractivity contribution in [3.63, 3.8) is 0 Å². The number of aromatic amines is 1. The first kappa shape index (κ1) is 9.83. The van der Waals surface area contributed by atoms with Crippen LogP contribution in [0.25, 0.3) is 11.5 Å². The van der Waals surface area contributed by atoms with E-state index in [1.807, 2.05) is 12.1 Å². The van der Waals surface area contributed by atoms with Crippen LogP contribution in [0.3, 0.4) is 0 Å². The van der Waals surface area contributed by atoms with Crippen LogP contribution in [-0.2, 0) is 6.42 Å². The van der Waals surface area contributed by atoms with E-state index in [0.717, 1.165) is 23.4 Å². The average Bonchev–Trinajstić information content (AvgIpc) is 2.76. The third-order valence-electron chi connectivity index (χ3n) is 2.28. The molecule has 0 radical (unpaired) electrons. The Kier molecular flexibility index (Phi) is 2.49. The molecule has 0 saturated heterocycles. The molecule has 0 aliphatic rings. The first-order chi connectivity index (χ1) is 7.18. The molecule has 0 aliphatic carbocycles. The maximum Gasteiger partial charge on any atom is 0.152 e. The Labute approximate surface area is 88.5 Å². The van der Waals surface area contributed by atoms with E-state index in [-0.39, 0.29) is 0 Å². The van der Waals surface area contributed by atoms with Crippen LogP contribution in [0.15, 0.2) is 22.8 Å². The van der Waals surface area contributed by atoms with Crippen molar-refractivity contribution in [2.24, 2.45) is 5.92 Å². The summed E-state index contributed by atoms with van der Waals surface area (Å²) in [5, 5.41) is 6.93. The molecular weight excluding hydrogens is 190 g/mol. The van der Waals surface area contributed by atoms with Crippen LogP contribution >= 0.6 is 0 Å². The van der Waals surface area contributed by atoms with Crippen LogP contribution in [-0.4, -0.2) is 10.2 Å². The van der Waals surface area contributed by atoms with Crippen LogP contribution in [0.1, 0.15) is 19.4 Å². The van der Waals surface area contributed by atoms with Crippen molar-refractivity contribution < 1.29 is 4.42 Å². The van der Waals surface area contributed by atoms with Crippen molar-refractivity contribution in [2.45, 2.75) is 20.3 Å². The van der Waals surface area contributed by atoms with Crippen LogP contribution in [0.4, 0.5) is 5.82 Å². The molecular formula is C11H15N3O. The van der Waals surface area contributed by atoms with Gasteiger partial charge in [0.1, 0.15) is 11.5 Å². The van der Waals surface area contributed by atoms with Gasteiger partial charge in [0.15, 0.2) is 5.76 Å². The number of hydrogen-bond acceptors (Lipinski definition) is 3. The van der Waals surface area contributed by atoms with Gasteiger partial charge in [0.25, 0.3) is 0 Å². The summed E-state index contributed by atoms with van der Waals surface area (Å²) in [6.07, 6.45) is 2.55. The number of nitrogens with one attached hydrogen (secondary N) is 1. The van der Waals surface area contributed by atoms with Gasteiger partial charge >= 0.3 is 0 Å². The van der Waals surface area contributed by atoms with Gasteiger partial charge in [-0.2, -0.15) is 5.10 Å². The monoisotopic (exact) mass is 205 g/mol. The molecule has 80 valence electrons. The van der Waals surface area contributed by atoms with Crippen LogP contribution in [0.2, 0.25) is 0 Å². The van der Waals surface area contributed by atoms with E-state index < -0.39 is 0 Å². The largest absolute Gasteiger partial charge is 0.463 e. The third kappa shape index (κ3) is 1.88. The zero-order valence-electron chi connectivity index (χ0n) is 8.95. The predicted octanol–water partition coefficient (Wildman–Crippen LogP) is 2.45. The van der Waals surface area contributed by atoms with E-state index >= 15 is 0 Å². The Morgan fingerprint density at radius 1 is 1.53 bits per heavy atom. The van der Waals surface area contributed by atoms with E-state index in [1.165, 1.54) is 0 Å². The van der Waals surface area contributed by atoms with Crippen molar-refractivity contribution in [3.05, 3.63) is 24.0 Å². The fourth-order valence-electron chi connectivity index (χ4n) is 1.62. The summed E-state index contributed by atoms with van der Waals surface area (Å²) in [4.78, 5) is 0. The van der Waals surface area contributed by atoms with E-state index in [9.17, 15) is 0 Å². The lowest BCUT2D eigenvalue weighted by Gasteiger charge is -2.04. The molecule has 4 nitrogen and oxygen atoms in total. The molecule has 0 spiro atoms. The van der Waals surface area contributed by atoms with Gasteiger partial charge in [-0.15, -0.1) is 0 Å². The minimum absolute atomic E-state index is 0.540. The lowest BCUT2D eigenvalue weighted by atomic mass is 10.0. The zero-order valence-corrected chi connectivity index (χ0v) is 8.95. The van der Waals surface area contributed by atoms with Crippen LogP contribution in [0.5, 0.6) is 0 Å². The van der Waals surface area contributed by atoms with Crippen molar-refractivity contribution in [2.75, 3.05) is 5.73 Å². The Morgan fingerprint density at radius 2 is 2.33 bits per heavy atom. The van der Waals surface area contributed by atoms with E-state index in [4.69, 9.17) is 10.2 Å². The molecule has 0 fully saturated rings. The van der Waals surface area contributed by atoms with Gasteiger partial charge < -0.3 is 10.2 Å². The Morgan fingerprint density at radius 3 is 2.93 bits per heavy atom. The highest BCUT2D eigenvalue weighted by Gasteiger charge is 2.15. The second-order valence-corrected chi connectivity index (χ2v) is 4.04. The SMILES string of the molecule is CC(C)Cc1c(N)n[nH]c1-c1ccco1. The van der Waals surface area contributed by atoms with E-state index in [2.05, 4.69) is 24.0 Å². The first-order valence-electron chi connectivity index (χ1n) is 5.05. The maximum absolute atomic E-state index is 5.81. The lowest BCUT2D eigenvalue weighted by Crippen LogP contribution is -1.98. The van der Waals surface area contributed by atoms with Crippen molar-refractivity contribution >= 4 is 5.82 Å². The fourth-order valence-corrected chi connectivity index (χ4v) is 1.62. The molecule has 2 rings (SSSR count). The van der Waals surface area contributed by atoms with Crippen molar-refractivity contribution in [3.8, 4) is 11.5 Å². The van der Waals surface area contributed by atoms with E-state index in [1.54, 1.807) is 6.26 Å². The summed E-state index contributed by atoms with van der Waals surface area (Å²) >= 11 is 0. The number of aromatic nitrogens is 2. The normalized spacial score (nSPS) is 11.1. The van der Waals surface area contributed by atoms with Gasteiger partial charge in [0.05, 0.1) is 6.26 Å². The Balaban J connectivity index is 2.40. The highest BCUT2D eigenvalue weighted by atomic mass is 16.3. The first-order valence-corrected chi connectivity index (χ1v) is 5.05. The summed E-state index contributed by atoms with van der Waals surface area (Å²) in [6.45, 7) is 4.30. The molecule has 0 unspecified atom stereocenters. The molecule has 2 heterocycles. The summed E-state index contributed by atoms with van der Waals surface area (Å²) < 4.78 is 5.33. The molecule has 2 aromatic rings. The number of H-pyrrole nitrogens is 1. The van der Waals surface area contributed by atoms with Gasteiger partial charge in [0, 0.05) is 5.56 Å². The summed E-state index contributed by atoms with van der Waals surface area (Å²) in [6, 6.07) is 3.75. The number of hydrogen-bond donors (Lipinski definition) is 2. The standard InChI is InChI=1S/C11H15N3O/c1-7(2)6-8-10(13-14-11(8)12)9-4-3-5-15-9/h3-5,7H,6H2,1-2H3,(H3,12,13,14). The average molecular weight is 205 g/mol. The highest BCUT2D eigenvalue weighted by Crippen LogP contribution is 2.27. The minimum Gasteiger partial charge on any atom is -0.463 e.